The fraction of sp³-hybridized carbons (Fsp3) is 0.368. The van der Waals surface area contributed by atoms with E-state index < -0.39 is 0 Å². The van der Waals surface area contributed by atoms with Crippen molar-refractivity contribution in [3.63, 3.8) is 0 Å². The average Bonchev–Trinajstić information content (AvgIpc) is 2.99. The Morgan fingerprint density at radius 3 is 2.52 bits per heavy atom. The number of nitrogens with zero attached hydrogens (tertiary/aromatic N) is 1. The summed E-state index contributed by atoms with van der Waals surface area (Å²) in [5.74, 6) is 0.119. The van der Waals surface area contributed by atoms with Gasteiger partial charge in [-0.3, -0.25) is 4.79 Å². The second-order valence-electron chi connectivity index (χ2n) is 5.12. The number of benzene rings is 1. The van der Waals surface area contributed by atoms with Gasteiger partial charge in [0.15, 0.2) is 0 Å². The number of aromatic nitrogens is 1. The Balaban J connectivity index is 0.000000730. The highest BCUT2D eigenvalue weighted by Crippen LogP contribution is 2.28. The van der Waals surface area contributed by atoms with Crippen LogP contribution in [-0.4, -0.2) is 10.8 Å². The maximum Gasteiger partial charge on any atom is 0.261 e. The van der Waals surface area contributed by atoms with Crippen LogP contribution in [0.3, 0.4) is 0 Å². The summed E-state index contributed by atoms with van der Waals surface area (Å²) in [5.41, 5.74) is 15.1. The molecule has 136 valence electrons. The van der Waals surface area contributed by atoms with Crippen LogP contribution in [0.25, 0.3) is 0 Å². The van der Waals surface area contributed by atoms with Crippen LogP contribution in [-0.2, 0) is 6.54 Å². The van der Waals surface area contributed by atoms with Crippen molar-refractivity contribution < 1.29 is 0 Å². The first-order valence-electron chi connectivity index (χ1n) is 8.74. The quantitative estimate of drug-likeness (QED) is 0.496. The molecular weight excluding hydrogens is 314 g/mol. The molecular formula is C19H29N5O. The van der Waals surface area contributed by atoms with Gasteiger partial charge in [-0.2, -0.15) is 0 Å². The molecule has 0 spiro atoms. The molecule has 25 heavy (non-hydrogen) atoms. The summed E-state index contributed by atoms with van der Waals surface area (Å²) in [6.07, 6.45) is 1.48. The third-order valence-corrected chi connectivity index (χ3v) is 3.69. The largest absolute Gasteiger partial charge is 0.398 e. The first kappa shape index (κ1) is 20.4. The molecule has 6 nitrogen and oxygen atoms in total. The molecule has 6 heteroatoms. The molecule has 1 atom stereocenters. The third-order valence-electron chi connectivity index (χ3n) is 3.69. The Hall–Kier alpha value is -2.60. The molecule has 0 bridgehead atoms. The summed E-state index contributed by atoms with van der Waals surface area (Å²) in [4.78, 5) is 18.7. The number of nitrogen functional groups attached to an aromatic ring is 1. The standard InChI is InChI=1S/C15H17N5O.2C2H6/c1-8-11-3-2-10(6-9(11)7-19-8)20-14(17)13-12(16)4-5-18-15(13)21;2*1-2/h2-6,8,19H,7H2,1H3,(H2,17,20)(H3,16,18,21);2*1-2H3. The molecule has 0 saturated carbocycles. The lowest BCUT2D eigenvalue weighted by Crippen LogP contribution is -2.25. The molecule has 6 N–H and O–H groups in total. The van der Waals surface area contributed by atoms with Crippen LogP contribution in [0.2, 0.25) is 0 Å². The number of hydrogen-bond donors (Lipinski definition) is 4. The second-order valence-corrected chi connectivity index (χ2v) is 5.12. The van der Waals surface area contributed by atoms with E-state index in [0.717, 1.165) is 6.54 Å². The predicted molar refractivity (Wildman–Crippen MR) is 106 cm³/mol. The maximum absolute atomic E-state index is 11.8. The average molecular weight is 343 g/mol. The minimum atomic E-state index is -0.340. The zero-order valence-corrected chi connectivity index (χ0v) is 15.7. The number of amidine groups is 1. The van der Waals surface area contributed by atoms with Crippen molar-refractivity contribution in [1.82, 2.24) is 10.3 Å². The molecule has 2 aromatic rings. The number of nitrogens with one attached hydrogen (secondary N) is 2. The van der Waals surface area contributed by atoms with E-state index in [4.69, 9.17) is 11.5 Å². The molecule has 1 aromatic heterocycles. The molecule has 0 aliphatic carbocycles. The third kappa shape index (κ3) is 4.70. The SMILES string of the molecule is CC.CC.CC1NCc2cc(N=C(N)c3c(N)cc[nH]c3=O)ccc21. The van der Waals surface area contributed by atoms with Crippen molar-refractivity contribution in [1.29, 1.82) is 0 Å². The van der Waals surface area contributed by atoms with Crippen LogP contribution in [0.5, 0.6) is 0 Å². The number of aliphatic imine (C=N–C) groups is 1. The van der Waals surface area contributed by atoms with Gasteiger partial charge in [0.05, 0.1) is 5.69 Å². The lowest BCUT2D eigenvalue weighted by Gasteiger charge is -2.06. The summed E-state index contributed by atoms with van der Waals surface area (Å²) in [6.45, 7) is 10.9. The van der Waals surface area contributed by atoms with E-state index in [0.29, 0.717) is 17.4 Å². The van der Waals surface area contributed by atoms with E-state index >= 15 is 0 Å². The van der Waals surface area contributed by atoms with Crippen molar-refractivity contribution in [3.05, 3.63) is 57.5 Å². The van der Waals surface area contributed by atoms with Gasteiger partial charge < -0.3 is 21.8 Å². The summed E-state index contributed by atoms with van der Waals surface area (Å²) in [5, 5.41) is 3.36. The lowest BCUT2D eigenvalue weighted by atomic mass is 10.1. The summed E-state index contributed by atoms with van der Waals surface area (Å²) in [6, 6.07) is 7.84. The monoisotopic (exact) mass is 343 g/mol. The van der Waals surface area contributed by atoms with Gasteiger partial charge in [0.1, 0.15) is 11.4 Å². The highest BCUT2D eigenvalue weighted by atomic mass is 16.1. The Morgan fingerprint density at radius 2 is 1.88 bits per heavy atom. The van der Waals surface area contributed by atoms with Crippen LogP contribution in [0, 0.1) is 0 Å². The Kier molecular flexibility index (Phi) is 7.88. The number of rotatable bonds is 2. The van der Waals surface area contributed by atoms with Gasteiger partial charge in [0, 0.05) is 24.5 Å². The normalized spacial score (nSPS) is 15.4. The van der Waals surface area contributed by atoms with Crippen molar-refractivity contribution >= 4 is 17.2 Å². The number of fused-ring (bicyclic) bond motifs is 1. The Morgan fingerprint density at radius 1 is 1.20 bits per heavy atom. The van der Waals surface area contributed by atoms with Crippen molar-refractivity contribution in [2.75, 3.05) is 5.73 Å². The molecule has 0 saturated heterocycles. The number of H-pyrrole nitrogens is 1. The van der Waals surface area contributed by atoms with Crippen molar-refractivity contribution in [3.8, 4) is 0 Å². The molecule has 0 amide bonds. The molecule has 1 aliphatic heterocycles. The van der Waals surface area contributed by atoms with Gasteiger partial charge in [-0.05, 0) is 36.2 Å². The van der Waals surface area contributed by atoms with Crippen LogP contribution in [0.4, 0.5) is 11.4 Å². The lowest BCUT2D eigenvalue weighted by molar-refractivity contribution is 0.633. The van der Waals surface area contributed by atoms with Gasteiger partial charge in [-0.25, -0.2) is 4.99 Å². The topological polar surface area (TPSA) is 109 Å². The summed E-state index contributed by atoms with van der Waals surface area (Å²) < 4.78 is 0. The molecule has 1 aliphatic rings. The predicted octanol–water partition coefficient (Wildman–Crippen LogP) is 3.21. The summed E-state index contributed by atoms with van der Waals surface area (Å²) in [7, 11) is 0. The van der Waals surface area contributed by atoms with E-state index in [9.17, 15) is 4.79 Å². The fourth-order valence-corrected chi connectivity index (χ4v) is 2.56. The number of hydrogen-bond acceptors (Lipinski definition) is 4. The minimum Gasteiger partial charge on any atom is -0.398 e. The minimum absolute atomic E-state index is 0.119. The molecule has 2 heterocycles. The smallest absolute Gasteiger partial charge is 0.261 e. The Labute approximate surface area is 149 Å². The van der Waals surface area contributed by atoms with Gasteiger partial charge in [0.25, 0.3) is 5.56 Å². The number of pyridine rings is 1. The van der Waals surface area contributed by atoms with Crippen molar-refractivity contribution in [2.45, 2.75) is 47.2 Å². The zero-order chi connectivity index (χ0) is 19.0. The van der Waals surface area contributed by atoms with Crippen LogP contribution >= 0.6 is 0 Å². The molecule has 3 rings (SSSR count). The van der Waals surface area contributed by atoms with E-state index in [2.05, 4.69) is 22.2 Å². The fourth-order valence-electron chi connectivity index (χ4n) is 2.56. The first-order chi connectivity index (χ1) is 12.1. The summed E-state index contributed by atoms with van der Waals surface area (Å²) >= 11 is 0. The highest BCUT2D eigenvalue weighted by Gasteiger charge is 2.17. The van der Waals surface area contributed by atoms with E-state index in [1.807, 2.05) is 45.9 Å². The van der Waals surface area contributed by atoms with E-state index in [1.165, 1.54) is 17.3 Å². The van der Waals surface area contributed by atoms with E-state index in [1.54, 1.807) is 6.07 Å². The Bertz CT molecular complexity index is 780. The first-order valence-corrected chi connectivity index (χ1v) is 8.74. The number of anilines is 1. The van der Waals surface area contributed by atoms with Gasteiger partial charge in [-0.15, -0.1) is 0 Å². The van der Waals surface area contributed by atoms with Crippen molar-refractivity contribution in [2.24, 2.45) is 10.7 Å². The maximum atomic E-state index is 11.8. The van der Waals surface area contributed by atoms with Gasteiger partial charge in [0.2, 0.25) is 0 Å². The molecule has 0 fully saturated rings. The molecule has 0 radical (unpaired) electrons. The molecule has 1 aromatic carbocycles. The zero-order valence-electron chi connectivity index (χ0n) is 15.7. The number of nitrogens with two attached hydrogens (primary N) is 2. The highest BCUT2D eigenvalue weighted by molar-refractivity contribution is 6.02. The van der Waals surface area contributed by atoms with Crippen LogP contribution in [0.15, 0.2) is 40.2 Å². The number of aromatic amines is 1. The van der Waals surface area contributed by atoms with Gasteiger partial charge in [-0.1, -0.05) is 33.8 Å². The second kappa shape index (κ2) is 9.64. The van der Waals surface area contributed by atoms with Crippen LogP contribution in [0.1, 0.15) is 57.4 Å². The van der Waals surface area contributed by atoms with E-state index in [-0.39, 0.29) is 17.0 Å². The van der Waals surface area contributed by atoms with Crippen LogP contribution < -0.4 is 22.3 Å². The molecule has 1 unspecified atom stereocenters. The van der Waals surface area contributed by atoms with Gasteiger partial charge >= 0.3 is 0 Å².